The molecule has 0 aliphatic carbocycles. The number of fused-ring (bicyclic) bond motifs is 2. The van der Waals surface area contributed by atoms with E-state index in [0.29, 0.717) is 24.4 Å². The molecule has 8 heteroatoms. The molecule has 2 aromatic heterocycles. The van der Waals surface area contributed by atoms with E-state index in [9.17, 15) is 4.79 Å². The van der Waals surface area contributed by atoms with Crippen LogP contribution < -0.4 is 10.6 Å². The van der Waals surface area contributed by atoms with Crippen LogP contribution in [0.1, 0.15) is 11.1 Å². The Hall–Kier alpha value is -3.26. The van der Waals surface area contributed by atoms with Crippen LogP contribution in [0, 0.1) is 0 Å². The largest absolute Gasteiger partial charge is 0.383 e. The van der Waals surface area contributed by atoms with E-state index in [0.717, 1.165) is 44.4 Å². The third-order valence-electron chi connectivity index (χ3n) is 5.47. The lowest BCUT2D eigenvalue weighted by Gasteiger charge is -2.17. The molecule has 0 radical (unpaired) electrons. The molecule has 150 valence electrons. The van der Waals surface area contributed by atoms with Gasteiger partial charge < -0.3 is 10.6 Å². The van der Waals surface area contributed by atoms with E-state index in [1.165, 1.54) is 6.33 Å². The van der Waals surface area contributed by atoms with Gasteiger partial charge in [0.2, 0.25) is 5.91 Å². The first kappa shape index (κ1) is 18.7. The number of rotatable bonds is 3. The average Bonchev–Trinajstić information content (AvgIpc) is 3.31. The summed E-state index contributed by atoms with van der Waals surface area (Å²) in [6.45, 7) is 0.683. The summed E-state index contributed by atoms with van der Waals surface area (Å²) < 4.78 is 2.72. The van der Waals surface area contributed by atoms with Gasteiger partial charge in [-0.15, -0.1) is 0 Å². The summed E-state index contributed by atoms with van der Waals surface area (Å²) in [5, 5.41) is 5.36. The predicted octanol–water partition coefficient (Wildman–Crippen LogP) is 3.51. The normalized spacial score (nSPS) is 13.1. The molecule has 1 amide bonds. The van der Waals surface area contributed by atoms with Crippen molar-refractivity contribution in [1.82, 2.24) is 19.7 Å². The number of hydrogen-bond donors (Lipinski definition) is 1. The second-order valence-corrected chi connectivity index (χ2v) is 8.29. The summed E-state index contributed by atoms with van der Waals surface area (Å²) in [5.74, 6) is 0.514. The number of anilines is 2. The van der Waals surface area contributed by atoms with Gasteiger partial charge >= 0.3 is 0 Å². The lowest BCUT2D eigenvalue weighted by Crippen LogP contribution is -2.30. The maximum atomic E-state index is 12.9. The fourth-order valence-electron chi connectivity index (χ4n) is 3.99. The first-order valence-corrected chi connectivity index (χ1v) is 10.4. The van der Waals surface area contributed by atoms with E-state index < -0.39 is 0 Å². The highest BCUT2D eigenvalue weighted by Gasteiger charge is 2.26. The van der Waals surface area contributed by atoms with Gasteiger partial charge in [0.25, 0.3) is 0 Å². The Bertz CT molecular complexity index is 1280. The summed E-state index contributed by atoms with van der Waals surface area (Å²) in [6.07, 6.45) is 2.64. The van der Waals surface area contributed by atoms with Gasteiger partial charge in [0.1, 0.15) is 17.8 Å². The number of aryl methyl sites for hydroxylation is 1. The number of benzene rings is 2. The summed E-state index contributed by atoms with van der Waals surface area (Å²) in [4.78, 5) is 23.2. The molecule has 0 saturated heterocycles. The fraction of sp³-hybridized carbons (Fsp3) is 0.182. The quantitative estimate of drug-likeness (QED) is 0.502. The molecule has 3 heterocycles. The molecule has 7 nitrogen and oxygen atoms in total. The first-order chi connectivity index (χ1) is 14.5. The number of halogens is 1. The molecule has 0 bridgehead atoms. The van der Waals surface area contributed by atoms with Crippen molar-refractivity contribution in [2.24, 2.45) is 7.05 Å². The Labute approximate surface area is 181 Å². The summed E-state index contributed by atoms with van der Waals surface area (Å²) in [6, 6.07) is 13.9. The lowest BCUT2D eigenvalue weighted by molar-refractivity contribution is -0.117. The van der Waals surface area contributed by atoms with Crippen LogP contribution in [0.3, 0.4) is 0 Å². The van der Waals surface area contributed by atoms with Crippen LogP contribution in [0.15, 0.2) is 53.3 Å². The molecule has 2 aromatic carbocycles. The summed E-state index contributed by atoms with van der Waals surface area (Å²) in [5.41, 5.74) is 11.6. The summed E-state index contributed by atoms with van der Waals surface area (Å²) >= 11 is 3.43. The molecule has 0 atom stereocenters. The van der Waals surface area contributed by atoms with Crippen molar-refractivity contribution in [3.05, 3.63) is 64.4 Å². The third kappa shape index (κ3) is 3.13. The number of amides is 1. The van der Waals surface area contributed by atoms with Gasteiger partial charge in [-0.2, -0.15) is 5.10 Å². The minimum absolute atomic E-state index is 0.102. The highest BCUT2D eigenvalue weighted by Crippen LogP contribution is 2.35. The van der Waals surface area contributed by atoms with Gasteiger partial charge in [-0.25, -0.2) is 14.6 Å². The zero-order valence-electron chi connectivity index (χ0n) is 16.3. The average molecular weight is 463 g/mol. The van der Waals surface area contributed by atoms with Crippen LogP contribution in [0.25, 0.3) is 22.3 Å². The molecule has 2 N–H and O–H groups in total. The number of nitrogens with zero attached hydrogens (tertiary/aromatic N) is 5. The van der Waals surface area contributed by atoms with Gasteiger partial charge in [-0.3, -0.25) is 4.79 Å². The maximum Gasteiger partial charge on any atom is 0.231 e. The van der Waals surface area contributed by atoms with Crippen molar-refractivity contribution in [2.45, 2.75) is 12.8 Å². The van der Waals surface area contributed by atoms with Crippen LogP contribution in [-0.4, -0.2) is 32.2 Å². The number of nitrogen functional groups attached to an aromatic ring is 1. The third-order valence-corrected chi connectivity index (χ3v) is 6.00. The van der Waals surface area contributed by atoms with Crippen LogP contribution >= 0.6 is 15.9 Å². The predicted molar refractivity (Wildman–Crippen MR) is 120 cm³/mol. The molecular weight excluding hydrogens is 444 g/mol. The highest BCUT2D eigenvalue weighted by molar-refractivity contribution is 9.10. The smallest absolute Gasteiger partial charge is 0.231 e. The second kappa shape index (κ2) is 7.21. The minimum atomic E-state index is 0.102. The van der Waals surface area contributed by atoms with Crippen LogP contribution in [0.5, 0.6) is 0 Å². The molecule has 4 aromatic rings. The zero-order chi connectivity index (χ0) is 20.8. The van der Waals surface area contributed by atoms with Gasteiger partial charge in [0, 0.05) is 29.3 Å². The first-order valence-electron chi connectivity index (χ1n) is 9.62. The molecule has 0 fully saturated rings. The Kier molecular flexibility index (Phi) is 4.51. The highest BCUT2D eigenvalue weighted by atomic mass is 79.9. The monoisotopic (exact) mass is 462 g/mol. The van der Waals surface area contributed by atoms with E-state index in [1.54, 1.807) is 4.68 Å². The molecule has 0 saturated carbocycles. The van der Waals surface area contributed by atoms with Gasteiger partial charge in [0.05, 0.1) is 11.8 Å². The Morgan fingerprint density at radius 2 is 1.97 bits per heavy atom. The number of hydrogen-bond acceptors (Lipinski definition) is 5. The molecular formula is C22H19BrN6O. The van der Waals surface area contributed by atoms with E-state index >= 15 is 0 Å². The second-order valence-electron chi connectivity index (χ2n) is 7.37. The van der Waals surface area contributed by atoms with E-state index in [-0.39, 0.29) is 5.91 Å². The molecule has 1 aliphatic heterocycles. The van der Waals surface area contributed by atoms with Crippen molar-refractivity contribution in [3.8, 4) is 11.3 Å². The Morgan fingerprint density at radius 1 is 1.17 bits per heavy atom. The number of nitrogens with two attached hydrogens (primary N) is 1. The topological polar surface area (TPSA) is 89.9 Å². The fourth-order valence-corrected chi connectivity index (χ4v) is 4.26. The van der Waals surface area contributed by atoms with Crippen molar-refractivity contribution in [2.75, 3.05) is 17.2 Å². The number of carbonyl (C=O) groups is 1. The molecule has 5 rings (SSSR count). The van der Waals surface area contributed by atoms with Crippen LogP contribution in [0.2, 0.25) is 0 Å². The standard InChI is InChI=1S/C22H19BrN6O/c1-28-22-19(21(24)25-12-26-22)20(27-28)15-4-7-17-14(11-15)8-9-29(17)18(30)10-13-2-5-16(23)6-3-13/h2-7,11-12H,8-10H2,1H3,(H2,24,25,26). The maximum absolute atomic E-state index is 12.9. The Morgan fingerprint density at radius 3 is 2.77 bits per heavy atom. The van der Waals surface area contributed by atoms with Crippen LogP contribution in [-0.2, 0) is 24.7 Å². The van der Waals surface area contributed by atoms with Gasteiger partial charge in [-0.1, -0.05) is 34.1 Å². The van der Waals surface area contributed by atoms with Crippen molar-refractivity contribution < 1.29 is 4.79 Å². The van der Waals surface area contributed by atoms with Gasteiger partial charge in [0.15, 0.2) is 5.65 Å². The van der Waals surface area contributed by atoms with Crippen molar-refractivity contribution in [1.29, 1.82) is 0 Å². The molecule has 0 unspecified atom stereocenters. The van der Waals surface area contributed by atoms with E-state index in [1.807, 2.05) is 48.3 Å². The number of aromatic nitrogens is 4. The minimum Gasteiger partial charge on any atom is -0.383 e. The lowest BCUT2D eigenvalue weighted by atomic mass is 10.0. The molecule has 30 heavy (non-hydrogen) atoms. The van der Waals surface area contributed by atoms with E-state index in [4.69, 9.17) is 5.73 Å². The summed E-state index contributed by atoms with van der Waals surface area (Å²) in [7, 11) is 1.84. The number of carbonyl (C=O) groups excluding carboxylic acids is 1. The zero-order valence-corrected chi connectivity index (χ0v) is 17.9. The SMILES string of the molecule is Cn1nc(-c2ccc3c(c2)CCN3C(=O)Cc2ccc(Br)cc2)c2c(N)ncnc21. The van der Waals surface area contributed by atoms with Crippen molar-refractivity contribution >= 4 is 44.4 Å². The Balaban J connectivity index is 1.46. The van der Waals surface area contributed by atoms with Crippen molar-refractivity contribution in [3.63, 3.8) is 0 Å². The van der Waals surface area contributed by atoms with Gasteiger partial charge in [-0.05, 0) is 41.8 Å². The molecule has 1 aliphatic rings. The van der Waals surface area contributed by atoms with Crippen LogP contribution in [0.4, 0.5) is 11.5 Å². The van der Waals surface area contributed by atoms with E-state index in [2.05, 4.69) is 37.1 Å². The molecule has 0 spiro atoms.